The van der Waals surface area contributed by atoms with Crippen LogP contribution in [0.3, 0.4) is 0 Å². The molecule has 6 nitrogen and oxygen atoms in total. The molecule has 21 heavy (non-hydrogen) atoms. The number of ether oxygens (including phenoxy) is 3. The lowest BCUT2D eigenvalue weighted by atomic mass is 9.98. The Morgan fingerprint density at radius 1 is 1.48 bits per heavy atom. The first-order valence-electron chi connectivity index (χ1n) is 6.74. The number of benzene rings is 1. The van der Waals surface area contributed by atoms with Gasteiger partial charge in [-0.15, -0.1) is 0 Å². The quantitative estimate of drug-likeness (QED) is 0.887. The van der Waals surface area contributed by atoms with E-state index in [-0.39, 0.29) is 6.04 Å². The number of halogens is 1. The van der Waals surface area contributed by atoms with Gasteiger partial charge >= 0.3 is 5.97 Å². The van der Waals surface area contributed by atoms with Crippen LogP contribution in [0, 0.1) is 5.92 Å². The van der Waals surface area contributed by atoms with Gasteiger partial charge in [0.15, 0.2) is 11.5 Å². The lowest BCUT2D eigenvalue weighted by Crippen LogP contribution is -2.19. The lowest BCUT2D eigenvalue weighted by molar-refractivity contribution is -0.141. The predicted molar refractivity (Wildman–Crippen MR) is 75.5 cm³/mol. The highest BCUT2D eigenvalue weighted by Gasteiger charge is 2.34. The van der Waals surface area contributed by atoms with E-state index in [1.165, 1.54) is 7.11 Å². The maximum atomic E-state index is 11.1. The number of hydrogen-bond acceptors (Lipinski definition) is 5. The first-order valence-corrected chi connectivity index (χ1v) is 7.11. The number of fused-ring (bicyclic) bond motifs is 1. The van der Waals surface area contributed by atoms with Gasteiger partial charge in [-0.25, -0.2) is 0 Å². The summed E-state index contributed by atoms with van der Waals surface area (Å²) in [6.45, 7) is 1.33. The molecule has 2 heterocycles. The SMILES string of the molecule is COc1c(C2CC(C(=O)O)CN2)cc2c(c1Cl)OCCO2. The predicted octanol–water partition coefficient (Wildman–Crippen LogP) is 1.85. The van der Waals surface area contributed by atoms with Crippen molar-refractivity contribution in [2.45, 2.75) is 12.5 Å². The van der Waals surface area contributed by atoms with Crippen molar-refractivity contribution in [1.29, 1.82) is 0 Å². The summed E-state index contributed by atoms with van der Waals surface area (Å²) in [7, 11) is 1.53. The maximum Gasteiger partial charge on any atom is 0.307 e. The topological polar surface area (TPSA) is 77.0 Å². The molecule has 0 bridgehead atoms. The third kappa shape index (κ3) is 2.49. The van der Waals surface area contributed by atoms with E-state index in [1.807, 2.05) is 6.07 Å². The Balaban J connectivity index is 1.98. The summed E-state index contributed by atoms with van der Waals surface area (Å²) in [5, 5.41) is 12.7. The van der Waals surface area contributed by atoms with Crippen LogP contribution in [-0.4, -0.2) is 37.9 Å². The highest BCUT2D eigenvalue weighted by Crippen LogP contribution is 2.48. The second kappa shape index (κ2) is 5.61. The molecule has 114 valence electrons. The summed E-state index contributed by atoms with van der Waals surface area (Å²) >= 11 is 6.34. The van der Waals surface area contributed by atoms with Gasteiger partial charge in [0.2, 0.25) is 0 Å². The van der Waals surface area contributed by atoms with E-state index in [2.05, 4.69) is 5.32 Å². The second-order valence-electron chi connectivity index (χ2n) is 5.07. The second-order valence-corrected chi connectivity index (χ2v) is 5.45. The van der Waals surface area contributed by atoms with Crippen LogP contribution in [0.1, 0.15) is 18.0 Å². The molecular formula is C14H16ClNO5. The minimum absolute atomic E-state index is 0.130. The molecule has 0 spiro atoms. The van der Waals surface area contributed by atoms with Crippen molar-refractivity contribution in [3.63, 3.8) is 0 Å². The van der Waals surface area contributed by atoms with E-state index in [0.717, 1.165) is 5.56 Å². The van der Waals surface area contributed by atoms with Crippen molar-refractivity contribution in [3.8, 4) is 17.2 Å². The highest BCUT2D eigenvalue weighted by molar-refractivity contribution is 6.34. The van der Waals surface area contributed by atoms with Gasteiger partial charge in [-0.2, -0.15) is 0 Å². The molecule has 7 heteroatoms. The van der Waals surface area contributed by atoms with E-state index in [0.29, 0.717) is 48.5 Å². The smallest absolute Gasteiger partial charge is 0.307 e. The largest absolute Gasteiger partial charge is 0.495 e. The molecule has 2 aliphatic rings. The van der Waals surface area contributed by atoms with Crippen LogP contribution >= 0.6 is 11.6 Å². The van der Waals surface area contributed by atoms with Crippen LogP contribution in [0.4, 0.5) is 0 Å². The van der Waals surface area contributed by atoms with E-state index in [1.54, 1.807) is 0 Å². The van der Waals surface area contributed by atoms with Crippen molar-refractivity contribution in [2.24, 2.45) is 5.92 Å². The number of carboxylic acid groups (broad SMARTS) is 1. The van der Waals surface area contributed by atoms with Crippen molar-refractivity contribution in [3.05, 3.63) is 16.7 Å². The average Bonchev–Trinajstić information content (AvgIpc) is 2.97. The van der Waals surface area contributed by atoms with Crippen molar-refractivity contribution < 1.29 is 24.1 Å². The molecule has 2 N–H and O–H groups in total. The standard InChI is InChI=1S/C14H16ClNO5/c1-19-12-8(9-4-7(6-16-9)14(17)18)5-10-13(11(12)15)21-3-2-20-10/h5,7,9,16H,2-4,6H2,1H3,(H,17,18). The summed E-state index contributed by atoms with van der Waals surface area (Å²) in [5.41, 5.74) is 0.801. The maximum absolute atomic E-state index is 11.1. The van der Waals surface area contributed by atoms with Crippen molar-refractivity contribution in [1.82, 2.24) is 5.32 Å². The molecule has 0 aromatic heterocycles. The zero-order valence-electron chi connectivity index (χ0n) is 11.5. The number of rotatable bonds is 3. The fourth-order valence-corrected chi connectivity index (χ4v) is 3.11. The van der Waals surface area contributed by atoms with E-state index in [4.69, 9.17) is 30.9 Å². The van der Waals surface area contributed by atoms with Gasteiger partial charge in [-0.3, -0.25) is 4.79 Å². The van der Waals surface area contributed by atoms with E-state index >= 15 is 0 Å². The molecule has 1 aromatic carbocycles. The molecule has 1 fully saturated rings. The Hall–Kier alpha value is -1.66. The Bertz CT molecular complexity index is 577. The first-order chi connectivity index (χ1) is 10.1. The Kier molecular flexibility index (Phi) is 3.82. The van der Waals surface area contributed by atoms with E-state index < -0.39 is 11.9 Å². The number of methoxy groups -OCH3 is 1. The van der Waals surface area contributed by atoms with Crippen LogP contribution in [0.5, 0.6) is 17.2 Å². The van der Waals surface area contributed by atoms with Crippen LogP contribution in [0.25, 0.3) is 0 Å². The molecular weight excluding hydrogens is 298 g/mol. The number of nitrogens with one attached hydrogen (secondary N) is 1. The van der Waals surface area contributed by atoms with Gasteiger partial charge in [-0.1, -0.05) is 11.6 Å². The van der Waals surface area contributed by atoms with Crippen LogP contribution in [-0.2, 0) is 4.79 Å². The molecule has 1 aromatic rings. The molecule has 0 amide bonds. The molecule has 3 rings (SSSR count). The summed E-state index contributed by atoms with van der Waals surface area (Å²) < 4.78 is 16.5. The minimum atomic E-state index is -0.799. The van der Waals surface area contributed by atoms with Crippen LogP contribution in [0.2, 0.25) is 5.02 Å². The van der Waals surface area contributed by atoms with Crippen molar-refractivity contribution >= 4 is 17.6 Å². The Morgan fingerprint density at radius 3 is 2.90 bits per heavy atom. The number of hydrogen-bond donors (Lipinski definition) is 2. The van der Waals surface area contributed by atoms with Gasteiger partial charge in [0.25, 0.3) is 0 Å². The number of carboxylic acids is 1. The van der Waals surface area contributed by atoms with Gasteiger partial charge in [0.05, 0.1) is 13.0 Å². The minimum Gasteiger partial charge on any atom is -0.495 e. The highest BCUT2D eigenvalue weighted by atomic mass is 35.5. The molecule has 0 saturated carbocycles. The van der Waals surface area contributed by atoms with Gasteiger partial charge < -0.3 is 24.6 Å². The number of aliphatic carboxylic acids is 1. The molecule has 1 saturated heterocycles. The van der Waals surface area contributed by atoms with Crippen LogP contribution in [0.15, 0.2) is 6.07 Å². The number of carbonyl (C=O) groups is 1. The third-order valence-corrected chi connectivity index (χ3v) is 4.16. The lowest BCUT2D eigenvalue weighted by Gasteiger charge is -2.24. The third-order valence-electron chi connectivity index (χ3n) is 3.82. The van der Waals surface area contributed by atoms with Gasteiger partial charge in [0, 0.05) is 18.2 Å². The molecule has 2 aliphatic heterocycles. The molecule has 0 radical (unpaired) electrons. The van der Waals surface area contributed by atoms with Crippen molar-refractivity contribution in [2.75, 3.05) is 26.9 Å². The molecule has 2 unspecified atom stereocenters. The van der Waals surface area contributed by atoms with Gasteiger partial charge in [-0.05, 0) is 12.5 Å². The Morgan fingerprint density at radius 2 is 2.24 bits per heavy atom. The summed E-state index contributed by atoms with van der Waals surface area (Å²) in [5.74, 6) is 0.350. The fraction of sp³-hybridized carbons (Fsp3) is 0.500. The van der Waals surface area contributed by atoms with E-state index in [9.17, 15) is 4.79 Å². The zero-order chi connectivity index (χ0) is 15.0. The summed E-state index contributed by atoms with van der Waals surface area (Å²) in [6.07, 6.45) is 0.488. The fourth-order valence-electron chi connectivity index (χ4n) is 2.77. The summed E-state index contributed by atoms with van der Waals surface area (Å²) in [4.78, 5) is 11.1. The summed E-state index contributed by atoms with van der Waals surface area (Å²) in [6, 6.07) is 1.69. The normalized spacial score (nSPS) is 23.9. The zero-order valence-corrected chi connectivity index (χ0v) is 12.3. The van der Waals surface area contributed by atoms with Gasteiger partial charge in [0.1, 0.15) is 24.0 Å². The average molecular weight is 314 g/mol. The Labute approximate surface area is 126 Å². The first kappa shape index (κ1) is 14.3. The van der Waals surface area contributed by atoms with Crippen LogP contribution < -0.4 is 19.5 Å². The monoisotopic (exact) mass is 313 g/mol. The molecule has 2 atom stereocenters. The molecule has 0 aliphatic carbocycles.